The van der Waals surface area contributed by atoms with E-state index in [-0.39, 0.29) is 5.91 Å². The SMILES string of the molecule is O=C(NCc1ccccc1Cl)c1cc[nH]c1. The number of nitrogens with one attached hydrogen (secondary N) is 2. The molecule has 0 aliphatic heterocycles. The third kappa shape index (κ3) is 2.44. The zero-order chi connectivity index (χ0) is 11.4. The van der Waals surface area contributed by atoms with Crippen LogP contribution in [0.2, 0.25) is 5.02 Å². The van der Waals surface area contributed by atoms with Crippen molar-refractivity contribution in [2.45, 2.75) is 6.54 Å². The second-order valence-electron chi connectivity index (χ2n) is 3.37. The highest BCUT2D eigenvalue weighted by atomic mass is 35.5. The molecule has 0 radical (unpaired) electrons. The van der Waals surface area contributed by atoms with Gasteiger partial charge in [0, 0.05) is 24.0 Å². The summed E-state index contributed by atoms with van der Waals surface area (Å²) in [7, 11) is 0. The summed E-state index contributed by atoms with van der Waals surface area (Å²) in [6, 6.07) is 9.17. The number of aromatic amines is 1. The summed E-state index contributed by atoms with van der Waals surface area (Å²) in [5.41, 5.74) is 1.53. The van der Waals surface area contributed by atoms with Gasteiger partial charge in [0.15, 0.2) is 0 Å². The monoisotopic (exact) mass is 234 g/mol. The number of hydrogen-bond donors (Lipinski definition) is 2. The van der Waals surface area contributed by atoms with Crippen LogP contribution in [0.1, 0.15) is 15.9 Å². The molecule has 0 unspecified atom stereocenters. The number of amides is 1. The van der Waals surface area contributed by atoms with Crippen LogP contribution in [0.4, 0.5) is 0 Å². The molecule has 2 rings (SSSR count). The predicted molar refractivity (Wildman–Crippen MR) is 63.4 cm³/mol. The minimum absolute atomic E-state index is 0.110. The lowest BCUT2D eigenvalue weighted by atomic mass is 10.2. The average Bonchev–Trinajstić information content (AvgIpc) is 2.81. The average molecular weight is 235 g/mol. The molecule has 16 heavy (non-hydrogen) atoms. The third-order valence-electron chi connectivity index (χ3n) is 2.26. The number of benzene rings is 1. The molecular formula is C12H11ClN2O. The largest absolute Gasteiger partial charge is 0.367 e. The van der Waals surface area contributed by atoms with Crippen molar-refractivity contribution in [2.24, 2.45) is 0 Å². The number of H-pyrrole nitrogens is 1. The Morgan fingerprint density at radius 2 is 2.12 bits per heavy atom. The summed E-state index contributed by atoms with van der Waals surface area (Å²) in [6.45, 7) is 0.434. The Morgan fingerprint density at radius 1 is 1.31 bits per heavy atom. The second kappa shape index (κ2) is 4.86. The quantitative estimate of drug-likeness (QED) is 0.843. The van der Waals surface area contributed by atoms with Gasteiger partial charge in [0.1, 0.15) is 0 Å². The van der Waals surface area contributed by atoms with Gasteiger partial charge in [-0.05, 0) is 17.7 Å². The molecule has 4 heteroatoms. The van der Waals surface area contributed by atoms with Crippen LogP contribution in [0.25, 0.3) is 0 Å². The summed E-state index contributed by atoms with van der Waals surface area (Å²) in [5.74, 6) is -0.110. The Balaban J connectivity index is 1.98. The first-order chi connectivity index (χ1) is 7.77. The summed E-state index contributed by atoms with van der Waals surface area (Å²) >= 11 is 5.98. The van der Waals surface area contributed by atoms with Gasteiger partial charge in [-0.15, -0.1) is 0 Å². The van der Waals surface area contributed by atoms with Crippen LogP contribution in [0, 0.1) is 0 Å². The van der Waals surface area contributed by atoms with Crippen LogP contribution >= 0.6 is 11.6 Å². The third-order valence-corrected chi connectivity index (χ3v) is 2.63. The normalized spacial score (nSPS) is 10.1. The molecule has 3 nitrogen and oxygen atoms in total. The van der Waals surface area contributed by atoms with Crippen LogP contribution in [0.5, 0.6) is 0 Å². The van der Waals surface area contributed by atoms with E-state index in [1.165, 1.54) is 0 Å². The molecule has 1 heterocycles. The van der Waals surface area contributed by atoms with E-state index >= 15 is 0 Å². The molecule has 1 amide bonds. The molecule has 0 bridgehead atoms. The molecule has 2 N–H and O–H groups in total. The highest BCUT2D eigenvalue weighted by Gasteiger charge is 2.05. The highest BCUT2D eigenvalue weighted by Crippen LogP contribution is 2.14. The Hall–Kier alpha value is -1.74. The molecule has 0 saturated carbocycles. The van der Waals surface area contributed by atoms with Crippen molar-refractivity contribution in [2.75, 3.05) is 0 Å². The Bertz CT molecular complexity index is 480. The number of carbonyl (C=O) groups is 1. The summed E-state index contributed by atoms with van der Waals surface area (Å²) in [4.78, 5) is 14.4. The van der Waals surface area contributed by atoms with E-state index in [0.29, 0.717) is 17.1 Å². The molecule has 0 aliphatic rings. The van der Waals surface area contributed by atoms with E-state index in [1.807, 2.05) is 18.2 Å². The molecular weight excluding hydrogens is 224 g/mol. The van der Waals surface area contributed by atoms with Gasteiger partial charge < -0.3 is 10.3 Å². The van der Waals surface area contributed by atoms with Gasteiger partial charge in [0.05, 0.1) is 5.56 Å². The maximum atomic E-state index is 11.6. The molecule has 1 aromatic heterocycles. The molecule has 2 aromatic rings. The van der Waals surface area contributed by atoms with Gasteiger partial charge in [-0.1, -0.05) is 29.8 Å². The molecule has 0 spiro atoms. The Kier molecular flexibility index (Phi) is 3.27. The van der Waals surface area contributed by atoms with Gasteiger partial charge in [-0.3, -0.25) is 4.79 Å². The van der Waals surface area contributed by atoms with Crippen molar-refractivity contribution in [1.82, 2.24) is 10.3 Å². The lowest BCUT2D eigenvalue weighted by Gasteiger charge is -2.05. The number of halogens is 1. The smallest absolute Gasteiger partial charge is 0.253 e. The fraction of sp³-hybridized carbons (Fsp3) is 0.0833. The zero-order valence-electron chi connectivity index (χ0n) is 8.53. The Labute approximate surface area is 98.4 Å². The van der Waals surface area contributed by atoms with Crippen LogP contribution in [0.3, 0.4) is 0 Å². The van der Waals surface area contributed by atoms with Gasteiger partial charge in [0.2, 0.25) is 0 Å². The predicted octanol–water partition coefficient (Wildman–Crippen LogP) is 2.60. The summed E-state index contributed by atoms with van der Waals surface area (Å²) in [5, 5.41) is 3.46. The first-order valence-electron chi connectivity index (χ1n) is 4.92. The minimum atomic E-state index is -0.110. The van der Waals surface area contributed by atoms with Gasteiger partial charge in [-0.25, -0.2) is 0 Å². The molecule has 0 atom stereocenters. The second-order valence-corrected chi connectivity index (χ2v) is 3.78. The highest BCUT2D eigenvalue weighted by molar-refractivity contribution is 6.31. The molecule has 0 saturated heterocycles. The van der Waals surface area contributed by atoms with Crippen molar-refractivity contribution in [3.63, 3.8) is 0 Å². The van der Waals surface area contributed by atoms with E-state index < -0.39 is 0 Å². The van der Waals surface area contributed by atoms with Gasteiger partial charge in [-0.2, -0.15) is 0 Å². The van der Waals surface area contributed by atoms with Crippen molar-refractivity contribution < 1.29 is 4.79 Å². The standard InChI is InChI=1S/C12H11ClN2O/c13-11-4-2-1-3-9(11)8-15-12(16)10-5-6-14-7-10/h1-7,14H,8H2,(H,15,16). The van der Waals surface area contributed by atoms with Crippen LogP contribution in [-0.4, -0.2) is 10.9 Å². The molecule has 0 aliphatic carbocycles. The maximum absolute atomic E-state index is 11.6. The topological polar surface area (TPSA) is 44.9 Å². The molecule has 1 aromatic carbocycles. The van der Waals surface area contributed by atoms with E-state index in [4.69, 9.17) is 11.6 Å². The fourth-order valence-corrected chi connectivity index (χ4v) is 1.59. The van der Waals surface area contributed by atoms with Crippen molar-refractivity contribution in [1.29, 1.82) is 0 Å². The maximum Gasteiger partial charge on any atom is 0.253 e. The number of rotatable bonds is 3. The zero-order valence-corrected chi connectivity index (χ0v) is 9.29. The van der Waals surface area contributed by atoms with Crippen molar-refractivity contribution in [3.05, 3.63) is 58.9 Å². The van der Waals surface area contributed by atoms with Crippen LogP contribution < -0.4 is 5.32 Å². The lowest BCUT2D eigenvalue weighted by Crippen LogP contribution is -2.22. The van der Waals surface area contributed by atoms with Gasteiger partial charge >= 0.3 is 0 Å². The van der Waals surface area contributed by atoms with Crippen molar-refractivity contribution in [3.8, 4) is 0 Å². The number of carbonyl (C=O) groups excluding carboxylic acids is 1. The fourth-order valence-electron chi connectivity index (χ4n) is 1.38. The Morgan fingerprint density at radius 3 is 2.81 bits per heavy atom. The first kappa shape index (κ1) is 10.8. The molecule has 82 valence electrons. The van der Waals surface area contributed by atoms with Crippen molar-refractivity contribution >= 4 is 17.5 Å². The minimum Gasteiger partial charge on any atom is -0.367 e. The molecule has 0 fully saturated rings. The van der Waals surface area contributed by atoms with Crippen LogP contribution in [0.15, 0.2) is 42.7 Å². The number of hydrogen-bond acceptors (Lipinski definition) is 1. The summed E-state index contributed by atoms with van der Waals surface area (Å²) in [6.07, 6.45) is 3.37. The van der Waals surface area contributed by atoms with E-state index in [2.05, 4.69) is 10.3 Å². The van der Waals surface area contributed by atoms with E-state index in [9.17, 15) is 4.79 Å². The summed E-state index contributed by atoms with van der Waals surface area (Å²) < 4.78 is 0. The first-order valence-corrected chi connectivity index (χ1v) is 5.29. The number of aromatic nitrogens is 1. The van der Waals surface area contributed by atoms with Gasteiger partial charge in [0.25, 0.3) is 5.91 Å². The van der Waals surface area contributed by atoms with Crippen LogP contribution in [-0.2, 0) is 6.54 Å². The lowest BCUT2D eigenvalue weighted by molar-refractivity contribution is 0.0951. The van der Waals surface area contributed by atoms with E-state index in [1.54, 1.807) is 24.5 Å². The van der Waals surface area contributed by atoms with E-state index in [0.717, 1.165) is 5.56 Å².